The summed E-state index contributed by atoms with van der Waals surface area (Å²) in [6.07, 6.45) is 3.32. The van der Waals surface area contributed by atoms with E-state index in [0.717, 1.165) is 48.1 Å². The van der Waals surface area contributed by atoms with Gasteiger partial charge in [0.25, 0.3) is 5.91 Å². The molecule has 0 aromatic carbocycles. The monoisotopic (exact) mass is 403 g/mol. The molecule has 4 aliphatic rings. The molecule has 1 amide bonds. The summed E-state index contributed by atoms with van der Waals surface area (Å²) in [6, 6.07) is -0.0429. The Balaban J connectivity index is 1.58. The number of aromatic nitrogens is 2. The Labute approximate surface area is 161 Å². The minimum Gasteiger partial charge on any atom is -0.347 e. The molecule has 4 nitrogen and oxygen atoms in total. The summed E-state index contributed by atoms with van der Waals surface area (Å²) in [6.45, 7) is 2.04. The van der Waals surface area contributed by atoms with Crippen molar-refractivity contribution in [2.45, 2.75) is 64.1 Å². The second-order valence-electron chi connectivity index (χ2n) is 8.85. The van der Waals surface area contributed by atoms with E-state index in [1.165, 1.54) is 26.3 Å². The lowest BCUT2D eigenvalue weighted by atomic mass is 9.47. The standard InChI is InChI=1S/C19H25ClF3N3O/c1-3-13(18-7-10-4-11(8-18)6-12(5-10)9-18)24-17(27)15-14(20)16(19(21,22)23)25-26(15)2/h10-13H,3-9H2,1-2H3,(H,24,27). The first kappa shape index (κ1) is 19.1. The minimum atomic E-state index is -4.68. The van der Waals surface area contributed by atoms with Crippen LogP contribution >= 0.6 is 11.6 Å². The molecule has 4 aliphatic carbocycles. The van der Waals surface area contributed by atoms with Crippen LogP contribution in [-0.2, 0) is 13.2 Å². The van der Waals surface area contributed by atoms with E-state index in [-0.39, 0.29) is 17.2 Å². The summed E-state index contributed by atoms with van der Waals surface area (Å²) in [7, 11) is 1.32. The summed E-state index contributed by atoms with van der Waals surface area (Å²) in [4.78, 5) is 12.9. The van der Waals surface area contributed by atoms with Crippen molar-refractivity contribution < 1.29 is 18.0 Å². The van der Waals surface area contributed by atoms with Crippen molar-refractivity contribution in [3.8, 4) is 0 Å². The van der Waals surface area contributed by atoms with Crippen molar-refractivity contribution in [2.75, 3.05) is 0 Å². The Morgan fingerprint density at radius 1 is 1.26 bits per heavy atom. The smallest absolute Gasteiger partial charge is 0.347 e. The molecule has 1 heterocycles. The zero-order chi connectivity index (χ0) is 19.6. The average molecular weight is 404 g/mol. The van der Waals surface area contributed by atoms with Gasteiger partial charge in [0.1, 0.15) is 10.7 Å². The van der Waals surface area contributed by atoms with Crippen molar-refractivity contribution in [1.82, 2.24) is 15.1 Å². The fourth-order valence-corrected chi connectivity index (χ4v) is 6.80. The van der Waals surface area contributed by atoms with Gasteiger partial charge in [-0.05, 0) is 68.1 Å². The molecule has 8 heteroatoms. The van der Waals surface area contributed by atoms with Crippen molar-refractivity contribution in [2.24, 2.45) is 30.2 Å². The first-order chi connectivity index (χ1) is 12.6. The predicted octanol–water partition coefficient (Wildman–Crippen LogP) is 4.82. The molecule has 0 aliphatic heterocycles. The molecule has 0 radical (unpaired) electrons. The second-order valence-corrected chi connectivity index (χ2v) is 9.22. The summed E-state index contributed by atoms with van der Waals surface area (Å²) in [5.74, 6) is 1.64. The van der Waals surface area contributed by atoms with Gasteiger partial charge < -0.3 is 5.32 Å². The minimum absolute atomic E-state index is 0.0429. The van der Waals surface area contributed by atoms with Crippen LogP contribution in [0, 0.1) is 23.2 Å². The lowest BCUT2D eigenvalue weighted by Crippen LogP contribution is -2.56. The van der Waals surface area contributed by atoms with Crippen molar-refractivity contribution in [1.29, 1.82) is 0 Å². The van der Waals surface area contributed by atoms with Gasteiger partial charge in [-0.15, -0.1) is 0 Å². The van der Waals surface area contributed by atoms with Crippen molar-refractivity contribution in [3.63, 3.8) is 0 Å². The first-order valence-corrected chi connectivity index (χ1v) is 10.1. The topological polar surface area (TPSA) is 46.9 Å². The Kier molecular flexibility index (Phi) is 4.52. The van der Waals surface area contributed by atoms with Crippen LogP contribution in [0.2, 0.25) is 5.02 Å². The van der Waals surface area contributed by atoms with Crippen LogP contribution in [0.1, 0.15) is 68.1 Å². The van der Waals surface area contributed by atoms with Crippen LogP contribution in [0.25, 0.3) is 0 Å². The fourth-order valence-electron chi connectivity index (χ4n) is 6.45. The van der Waals surface area contributed by atoms with Gasteiger partial charge >= 0.3 is 6.18 Å². The summed E-state index contributed by atoms with van der Waals surface area (Å²) < 4.78 is 40.1. The third-order valence-electron chi connectivity index (χ3n) is 7.01. The van der Waals surface area contributed by atoms with Crippen LogP contribution in [0.15, 0.2) is 0 Å². The number of carbonyl (C=O) groups excluding carboxylic acids is 1. The van der Waals surface area contributed by atoms with E-state index in [1.54, 1.807) is 0 Å². The highest BCUT2D eigenvalue weighted by atomic mass is 35.5. The Morgan fingerprint density at radius 2 is 1.78 bits per heavy atom. The van der Waals surface area contributed by atoms with Gasteiger partial charge in [0, 0.05) is 13.1 Å². The molecule has 1 N–H and O–H groups in total. The Morgan fingerprint density at radius 3 is 2.19 bits per heavy atom. The number of halogens is 4. The van der Waals surface area contributed by atoms with Gasteiger partial charge in [-0.1, -0.05) is 18.5 Å². The van der Waals surface area contributed by atoms with Crippen LogP contribution < -0.4 is 5.32 Å². The molecule has 5 rings (SSSR count). The molecule has 150 valence electrons. The van der Waals surface area contributed by atoms with Crippen LogP contribution in [0.4, 0.5) is 13.2 Å². The average Bonchev–Trinajstić information content (AvgIpc) is 2.86. The van der Waals surface area contributed by atoms with Gasteiger partial charge in [0.15, 0.2) is 5.69 Å². The molecule has 4 bridgehead atoms. The normalized spacial score (nSPS) is 33.3. The number of aryl methyl sites for hydroxylation is 1. The van der Waals surface area contributed by atoms with Gasteiger partial charge in [-0.25, -0.2) is 0 Å². The molecular formula is C19H25ClF3N3O. The number of nitrogens with zero attached hydrogens (tertiary/aromatic N) is 2. The number of alkyl halides is 3. The van der Waals surface area contributed by atoms with Gasteiger partial charge in [-0.3, -0.25) is 9.48 Å². The van der Waals surface area contributed by atoms with E-state index in [9.17, 15) is 18.0 Å². The molecule has 1 aromatic rings. The molecule has 4 fully saturated rings. The zero-order valence-corrected chi connectivity index (χ0v) is 16.3. The van der Waals surface area contributed by atoms with Crippen LogP contribution in [0.5, 0.6) is 0 Å². The van der Waals surface area contributed by atoms with E-state index >= 15 is 0 Å². The number of nitrogens with one attached hydrogen (secondary N) is 1. The first-order valence-electron chi connectivity index (χ1n) is 9.73. The van der Waals surface area contributed by atoms with E-state index in [4.69, 9.17) is 11.6 Å². The molecule has 1 aromatic heterocycles. The highest BCUT2D eigenvalue weighted by molar-refractivity contribution is 6.34. The Hall–Kier alpha value is -1.24. The largest absolute Gasteiger partial charge is 0.436 e. The number of amides is 1. The fraction of sp³-hybridized carbons (Fsp3) is 0.789. The molecule has 1 unspecified atom stereocenters. The van der Waals surface area contributed by atoms with Crippen molar-refractivity contribution in [3.05, 3.63) is 16.4 Å². The lowest BCUT2D eigenvalue weighted by molar-refractivity contribution is -0.141. The van der Waals surface area contributed by atoms with Crippen LogP contribution in [0.3, 0.4) is 0 Å². The second kappa shape index (κ2) is 6.39. The van der Waals surface area contributed by atoms with E-state index in [0.29, 0.717) is 0 Å². The Bertz CT molecular complexity index is 723. The third-order valence-corrected chi connectivity index (χ3v) is 7.37. The number of rotatable bonds is 4. The summed E-state index contributed by atoms with van der Waals surface area (Å²) in [5, 5.41) is 5.84. The highest BCUT2D eigenvalue weighted by Gasteiger charge is 2.54. The SMILES string of the molecule is CCC(NC(=O)c1c(Cl)c(C(F)(F)F)nn1C)C12CC3CC(CC(C3)C1)C2. The van der Waals surface area contributed by atoms with E-state index < -0.39 is 22.8 Å². The number of hydrogen-bond donors (Lipinski definition) is 1. The third kappa shape index (κ3) is 3.15. The lowest BCUT2D eigenvalue weighted by Gasteiger charge is -2.59. The van der Waals surface area contributed by atoms with Crippen LogP contribution in [-0.4, -0.2) is 21.7 Å². The maximum atomic E-state index is 13.0. The summed E-state index contributed by atoms with van der Waals surface area (Å²) >= 11 is 5.89. The van der Waals surface area contributed by atoms with Crippen molar-refractivity contribution >= 4 is 17.5 Å². The molecule has 27 heavy (non-hydrogen) atoms. The summed E-state index contributed by atoms with van der Waals surface area (Å²) in [5.41, 5.74) is -1.34. The predicted molar refractivity (Wildman–Crippen MR) is 95.4 cm³/mol. The maximum Gasteiger partial charge on any atom is 0.436 e. The number of hydrogen-bond acceptors (Lipinski definition) is 2. The van der Waals surface area contributed by atoms with E-state index in [2.05, 4.69) is 10.4 Å². The molecule has 1 atom stereocenters. The van der Waals surface area contributed by atoms with E-state index in [1.807, 2.05) is 6.92 Å². The highest BCUT2D eigenvalue weighted by Crippen LogP contribution is 2.61. The molecular weight excluding hydrogens is 379 g/mol. The molecule has 0 spiro atoms. The number of carbonyl (C=O) groups is 1. The molecule has 0 saturated heterocycles. The van der Waals surface area contributed by atoms with Gasteiger partial charge in [-0.2, -0.15) is 18.3 Å². The van der Waals surface area contributed by atoms with Gasteiger partial charge in [0.2, 0.25) is 0 Å². The zero-order valence-electron chi connectivity index (χ0n) is 15.6. The molecule has 4 saturated carbocycles. The van der Waals surface area contributed by atoms with Gasteiger partial charge in [0.05, 0.1) is 0 Å². The maximum absolute atomic E-state index is 13.0. The quantitative estimate of drug-likeness (QED) is 0.783.